The molecule has 0 unspecified atom stereocenters. The van der Waals surface area contributed by atoms with Gasteiger partial charge in [0.15, 0.2) is 0 Å². The summed E-state index contributed by atoms with van der Waals surface area (Å²) in [7, 11) is 2.12. The highest BCUT2D eigenvalue weighted by Crippen LogP contribution is 2.27. The predicted molar refractivity (Wildman–Crippen MR) is 101 cm³/mol. The molecule has 1 aliphatic heterocycles. The Hall–Kier alpha value is -1.36. The SMILES string of the molecule is CCCCn1ccnc1[C@H]1CCCN(C(=O)CN(C)C2CCCC2)C1. The molecule has 1 saturated heterocycles. The number of aryl methyl sites for hydroxylation is 1. The van der Waals surface area contributed by atoms with Gasteiger partial charge in [-0.15, -0.1) is 0 Å². The molecular formula is C20H34N4O. The smallest absolute Gasteiger partial charge is 0.236 e. The first kappa shape index (κ1) is 18.4. The van der Waals surface area contributed by atoms with E-state index >= 15 is 0 Å². The van der Waals surface area contributed by atoms with Crippen LogP contribution in [0, 0.1) is 0 Å². The number of nitrogens with zero attached hydrogens (tertiary/aromatic N) is 4. The molecule has 1 aliphatic carbocycles. The Kier molecular flexibility index (Phi) is 6.51. The second kappa shape index (κ2) is 8.84. The van der Waals surface area contributed by atoms with Crippen molar-refractivity contribution >= 4 is 5.91 Å². The van der Waals surface area contributed by atoms with Crippen LogP contribution in [0.2, 0.25) is 0 Å². The van der Waals surface area contributed by atoms with Crippen molar-refractivity contribution in [2.24, 2.45) is 0 Å². The van der Waals surface area contributed by atoms with Crippen molar-refractivity contribution in [2.45, 2.75) is 76.8 Å². The van der Waals surface area contributed by atoms with Gasteiger partial charge in [0, 0.05) is 44.0 Å². The molecule has 140 valence electrons. The number of hydrogen-bond donors (Lipinski definition) is 0. The van der Waals surface area contributed by atoms with Gasteiger partial charge in [-0.1, -0.05) is 26.2 Å². The van der Waals surface area contributed by atoms with Crippen LogP contribution in [0.3, 0.4) is 0 Å². The fraction of sp³-hybridized carbons (Fsp3) is 0.800. The average Bonchev–Trinajstić information content (AvgIpc) is 3.31. The number of rotatable bonds is 7. The number of aromatic nitrogens is 2. The van der Waals surface area contributed by atoms with E-state index in [1.807, 2.05) is 6.20 Å². The van der Waals surface area contributed by atoms with E-state index in [4.69, 9.17) is 0 Å². The van der Waals surface area contributed by atoms with Crippen LogP contribution < -0.4 is 0 Å². The summed E-state index contributed by atoms with van der Waals surface area (Å²) in [5, 5.41) is 0. The van der Waals surface area contributed by atoms with Crippen molar-refractivity contribution in [3.63, 3.8) is 0 Å². The van der Waals surface area contributed by atoms with E-state index in [-0.39, 0.29) is 0 Å². The van der Waals surface area contributed by atoms with Gasteiger partial charge >= 0.3 is 0 Å². The molecule has 2 aliphatic rings. The van der Waals surface area contributed by atoms with Gasteiger partial charge in [0.25, 0.3) is 0 Å². The van der Waals surface area contributed by atoms with Crippen LogP contribution in [-0.4, -0.2) is 58.0 Å². The first-order chi connectivity index (χ1) is 12.2. The maximum atomic E-state index is 12.8. The largest absolute Gasteiger partial charge is 0.341 e. The number of likely N-dealkylation sites (tertiary alicyclic amines) is 1. The van der Waals surface area contributed by atoms with E-state index in [2.05, 4.69) is 39.5 Å². The molecule has 5 nitrogen and oxygen atoms in total. The first-order valence-electron chi connectivity index (χ1n) is 10.2. The molecule has 25 heavy (non-hydrogen) atoms. The van der Waals surface area contributed by atoms with Gasteiger partial charge in [-0.2, -0.15) is 0 Å². The quantitative estimate of drug-likeness (QED) is 0.761. The number of carbonyl (C=O) groups is 1. The summed E-state index contributed by atoms with van der Waals surface area (Å²) >= 11 is 0. The molecule has 1 atom stereocenters. The van der Waals surface area contributed by atoms with Crippen LogP contribution in [0.4, 0.5) is 0 Å². The van der Waals surface area contributed by atoms with Crippen molar-refractivity contribution in [3.05, 3.63) is 18.2 Å². The number of piperidine rings is 1. The Balaban J connectivity index is 1.57. The highest BCUT2D eigenvalue weighted by molar-refractivity contribution is 5.78. The first-order valence-corrected chi connectivity index (χ1v) is 10.2. The lowest BCUT2D eigenvalue weighted by Crippen LogP contribution is -2.45. The molecular weight excluding hydrogens is 312 g/mol. The third-order valence-electron chi connectivity index (χ3n) is 5.97. The molecule has 3 rings (SSSR count). The number of likely N-dealkylation sites (N-methyl/N-ethyl adjacent to an activating group) is 1. The van der Waals surface area contributed by atoms with Crippen molar-refractivity contribution in [3.8, 4) is 0 Å². The van der Waals surface area contributed by atoms with Crippen LogP contribution in [-0.2, 0) is 11.3 Å². The van der Waals surface area contributed by atoms with Crippen molar-refractivity contribution in [1.29, 1.82) is 0 Å². The minimum Gasteiger partial charge on any atom is -0.341 e. The lowest BCUT2D eigenvalue weighted by Gasteiger charge is -2.34. The van der Waals surface area contributed by atoms with Gasteiger partial charge in [-0.05, 0) is 39.2 Å². The third kappa shape index (κ3) is 4.63. The van der Waals surface area contributed by atoms with Gasteiger partial charge < -0.3 is 9.47 Å². The summed E-state index contributed by atoms with van der Waals surface area (Å²) in [6.45, 7) is 5.57. The summed E-state index contributed by atoms with van der Waals surface area (Å²) in [4.78, 5) is 21.8. The van der Waals surface area contributed by atoms with Gasteiger partial charge in [0.05, 0.1) is 6.54 Å². The summed E-state index contributed by atoms with van der Waals surface area (Å²) in [5.41, 5.74) is 0. The molecule has 0 spiro atoms. The van der Waals surface area contributed by atoms with Crippen molar-refractivity contribution < 1.29 is 4.79 Å². The van der Waals surface area contributed by atoms with Crippen LogP contribution >= 0.6 is 0 Å². The van der Waals surface area contributed by atoms with E-state index in [0.29, 0.717) is 24.4 Å². The molecule has 1 aromatic rings. The Morgan fingerprint density at radius 1 is 1.28 bits per heavy atom. The maximum Gasteiger partial charge on any atom is 0.236 e. The van der Waals surface area contributed by atoms with E-state index in [9.17, 15) is 4.79 Å². The van der Waals surface area contributed by atoms with Crippen molar-refractivity contribution in [2.75, 3.05) is 26.7 Å². The van der Waals surface area contributed by atoms with E-state index in [1.54, 1.807) is 0 Å². The van der Waals surface area contributed by atoms with E-state index in [0.717, 1.165) is 32.5 Å². The standard InChI is InChI=1S/C20H34N4O/c1-3-4-12-23-14-11-21-20(23)17-8-7-13-24(15-17)19(25)16-22(2)18-9-5-6-10-18/h11,14,17-18H,3-10,12-13,15-16H2,1-2H3/t17-/m0/s1. The van der Waals surface area contributed by atoms with Gasteiger partial charge in [-0.3, -0.25) is 9.69 Å². The summed E-state index contributed by atoms with van der Waals surface area (Å²) < 4.78 is 2.30. The Morgan fingerprint density at radius 3 is 2.84 bits per heavy atom. The maximum absolute atomic E-state index is 12.8. The molecule has 2 heterocycles. The van der Waals surface area contributed by atoms with Crippen LogP contribution in [0.5, 0.6) is 0 Å². The Morgan fingerprint density at radius 2 is 2.08 bits per heavy atom. The molecule has 1 aromatic heterocycles. The Bertz CT molecular complexity index is 550. The Labute approximate surface area is 152 Å². The van der Waals surface area contributed by atoms with E-state index < -0.39 is 0 Å². The summed E-state index contributed by atoms with van der Waals surface area (Å²) in [6, 6.07) is 0.609. The molecule has 0 radical (unpaired) electrons. The topological polar surface area (TPSA) is 41.4 Å². The van der Waals surface area contributed by atoms with Crippen molar-refractivity contribution in [1.82, 2.24) is 19.4 Å². The average molecular weight is 347 g/mol. The minimum absolute atomic E-state index is 0.297. The fourth-order valence-corrected chi connectivity index (χ4v) is 4.40. The van der Waals surface area contributed by atoms with Gasteiger partial charge in [-0.25, -0.2) is 4.98 Å². The highest BCUT2D eigenvalue weighted by Gasteiger charge is 2.29. The molecule has 0 aromatic carbocycles. The molecule has 1 amide bonds. The number of hydrogen-bond acceptors (Lipinski definition) is 3. The lowest BCUT2D eigenvalue weighted by molar-refractivity contribution is -0.133. The molecule has 1 saturated carbocycles. The lowest BCUT2D eigenvalue weighted by atomic mass is 9.97. The fourth-order valence-electron chi connectivity index (χ4n) is 4.40. The number of amides is 1. The van der Waals surface area contributed by atoms with Crippen LogP contribution in [0.15, 0.2) is 12.4 Å². The minimum atomic E-state index is 0.297. The van der Waals surface area contributed by atoms with E-state index in [1.165, 1.54) is 44.3 Å². The van der Waals surface area contributed by atoms with Gasteiger partial charge in [0.2, 0.25) is 5.91 Å². The van der Waals surface area contributed by atoms with Gasteiger partial charge in [0.1, 0.15) is 5.82 Å². The summed E-state index contributed by atoms with van der Waals surface area (Å²) in [6.07, 6.45) is 13.8. The molecule has 0 bridgehead atoms. The number of imidazole rings is 1. The zero-order valence-electron chi connectivity index (χ0n) is 16.0. The third-order valence-corrected chi connectivity index (χ3v) is 5.97. The van der Waals surface area contributed by atoms with Crippen LogP contribution in [0.1, 0.15) is 70.0 Å². The number of unbranched alkanes of at least 4 members (excludes halogenated alkanes) is 1. The second-order valence-corrected chi connectivity index (χ2v) is 7.86. The monoisotopic (exact) mass is 346 g/mol. The predicted octanol–water partition coefficient (Wildman–Crippen LogP) is 3.26. The number of carbonyl (C=O) groups excluding carboxylic acids is 1. The normalized spacial score (nSPS) is 22.0. The molecule has 2 fully saturated rings. The zero-order chi connectivity index (χ0) is 17.6. The summed E-state index contributed by atoms with van der Waals surface area (Å²) in [5.74, 6) is 1.86. The molecule has 0 N–H and O–H groups in total. The van der Waals surface area contributed by atoms with Crippen LogP contribution in [0.25, 0.3) is 0 Å². The zero-order valence-corrected chi connectivity index (χ0v) is 16.0. The molecule has 5 heteroatoms. The second-order valence-electron chi connectivity index (χ2n) is 7.86. The highest BCUT2D eigenvalue weighted by atomic mass is 16.2.